The maximum absolute atomic E-state index is 12.3. The van der Waals surface area contributed by atoms with Crippen LogP contribution in [0.15, 0.2) is 46.9 Å². The van der Waals surface area contributed by atoms with E-state index < -0.39 is 0 Å². The minimum Gasteiger partial charge on any atom is -0.332 e. The number of hydrogen-bond donors (Lipinski definition) is 1. The first-order chi connectivity index (χ1) is 10.9. The zero-order valence-corrected chi connectivity index (χ0v) is 15.2. The Morgan fingerprint density at radius 2 is 1.74 bits per heavy atom. The fourth-order valence-electron chi connectivity index (χ4n) is 1.94. The van der Waals surface area contributed by atoms with Crippen LogP contribution in [-0.2, 0) is 4.79 Å². The van der Waals surface area contributed by atoms with E-state index in [9.17, 15) is 9.59 Å². The van der Waals surface area contributed by atoms with E-state index in [1.54, 1.807) is 12.1 Å². The highest BCUT2D eigenvalue weighted by atomic mass is 79.9. The molecule has 2 aromatic rings. The van der Waals surface area contributed by atoms with E-state index in [4.69, 9.17) is 23.2 Å². The fraction of sp³-hybridized carbons (Fsp3) is 0.125. The van der Waals surface area contributed by atoms with Crippen LogP contribution in [-0.4, -0.2) is 30.3 Å². The third-order valence-electron chi connectivity index (χ3n) is 2.98. The first-order valence-corrected chi connectivity index (χ1v) is 8.17. The molecule has 2 amide bonds. The second-order valence-corrected chi connectivity index (χ2v) is 6.57. The number of benzene rings is 2. The Bertz CT molecular complexity index is 732. The predicted molar refractivity (Wildman–Crippen MR) is 96.2 cm³/mol. The highest BCUT2D eigenvalue weighted by molar-refractivity contribution is 9.10. The Labute approximate surface area is 152 Å². The van der Waals surface area contributed by atoms with E-state index in [0.29, 0.717) is 21.3 Å². The van der Waals surface area contributed by atoms with Crippen molar-refractivity contribution in [2.45, 2.75) is 0 Å². The molecule has 0 heterocycles. The van der Waals surface area contributed by atoms with Gasteiger partial charge in [0.05, 0.1) is 12.2 Å². The van der Waals surface area contributed by atoms with Crippen LogP contribution in [0.1, 0.15) is 10.4 Å². The zero-order valence-electron chi connectivity index (χ0n) is 12.1. The number of carbonyl (C=O) groups excluding carboxylic acids is 2. The molecule has 120 valence electrons. The molecule has 0 aliphatic heterocycles. The summed E-state index contributed by atoms with van der Waals surface area (Å²) in [5.74, 6) is -0.641. The topological polar surface area (TPSA) is 49.4 Å². The van der Waals surface area contributed by atoms with Crippen LogP contribution in [0.3, 0.4) is 0 Å². The largest absolute Gasteiger partial charge is 0.332 e. The molecular weight excluding hydrogens is 403 g/mol. The van der Waals surface area contributed by atoms with Crippen LogP contribution >= 0.6 is 39.1 Å². The fourth-order valence-corrected chi connectivity index (χ4v) is 2.85. The molecule has 0 bridgehead atoms. The average molecular weight is 416 g/mol. The van der Waals surface area contributed by atoms with Crippen LogP contribution in [0.2, 0.25) is 10.0 Å². The lowest BCUT2D eigenvalue weighted by Gasteiger charge is -2.17. The molecule has 7 heteroatoms. The van der Waals surface area contributed by atoms with Gasteiger partial charge in [0, 0.05) is 27.1 Å². The Morgan fingerprint density at radius 3 is 2.35 bits per heavy atom. The summed E-state index contributed by atoms with van der Waals surface area (Å²) < 4.78 is 0.768. The lowest BCUT2D eigenvalue weighted by atomic mass is 10.2. The zero-order chi connectivity index (χ0) is 17.0. The van der Waals surface area contributed by atoms with E-state index in [1.165, 1.54) is 24.1 Å². The Morgan fingerprint density at radius 1 is 1.13 bits per heavy atom. The van der Waals surface area contributed by atoms with Crippen LogP contribution in [0.25, 0.3) is 0 Å². The minimum atomic E-state index is -0.336. The van der Waals surface area contributed by atoms with Crippen LogP contribution in [0.5, 0.6) is 0 Å². The van der Waals surface area contributed by atoms with Gasteiger partial charge in [-0.25, -0.2) is 0 Å². The van der Waals surface area contributed by atoms with Crippen molar-refractivity contribution in [3.05, 3.63) is 62.5 Å². The summed E-state index contributed by atoms with van der Waals surface area (Å²) in [5.41, 5.74) is 0.975. The molecule has 1 N–H and O–H groups in total. The molecule has 0 spiro atoms. The SMILES string of the molecule is CN(CC(=O)Nc1ccccc1Br)C(=O)c1cc(Cl)cc(Cl)c1. The normalized spacial score (nSPS) is 10.3. The van der Waals surface area contributed by atoms with E-state index in [1.807, 2.05) is 18.2 Å². The number of amides is 2. The first kappa shape index (κ1) is 17.8. The van der Waals surface area contributed by atoms with Crippen molar-refractivity contribution < 1.29 is 9.59 Å². The third kappa shape index (κ3) is 4.96. The smallest absolute Gasteiger partial charge is 0.254 e. The van der Waals surface area contributed by atoms with Crippen LogP contribution in [0.4, 0.5) is 5.69 Å². The van der Waals surface area contributed by atoms with Gasteiger partial charge in [0.15, 0.2) is 0 Å². The number of para-hydroxylation sites is 1. The van der Waals surface area contributed by atoms with Crippen molar-refractivity contribution in [2.75, 3.05) is 18.9 Å². The second kappa shape index (κ2) is 7.81. The van der Waals surface area contributed by atoms with Crippen molar-refractivity contribution >= 4 is 56.6 Å². The van der Waals surface area contributed by atoms with Crippen LogP contribution in [0, 0.1) is 0 Å². The molecule has 0 aromatic heterocycles. The molecule has 0 atom stereocenters. The quantitative estimate of drug-likeness (QED) is 0.800. The van der Waals surface area contributed by atoms with Gasteiger partial charge >= 0.3 is 0 Å². The van der Waals surface area contributed by atoms with E-state index in [0.717, 1.165) is 4.47 Å². The summed E-state index contributed by atoms with van der Waals surface area (Å²) in [6.45, 7) is -0.0930. The molecular formula is C16H13BrCl2N2O2. The lowest BCUT2D eigenvalue weighted by Crippen LogP contribution is -2.35. The van der Waals surface area contributed by atoms with Gasteiger partial charge in [0.2, 0.25) is 5.91 Å². The van der Waals surface area contributed by atoms with E-state index in [2.05, 4.69) is 21.2 Å². The molecule has 23 heavy (non-hydrogen) atoms. The van der Waals surface area contributed by atoms with Crippen molar-refractivity contribution in [3.8, 4) is 0 Å². The molecule has 0 radical (unpaired) electrons. The van der Waals surface area contributed by atoms with Gasteiger partial charge in [-0.05, 0) is 46.3 Å². The summed E-state index contributed by atoms with van der Waals surface area (Å²) in [4.78, 5) is 25.7. The highest BCUT2D eigenvalue weighted by Gasteiger charge is 2.16. The van der Waals surface area contributed by atoms with Gasteiger partial charge in [0.1, 0.15) is 0 Å². The number of nitrogens with one attached hydrogen (secondary N) is 1. The van der Waals surface area contributed by atoms with Crippen molar-refractivity contribution in [3.63, 3.8) is 0 Å². The number of rotatable bonds is 4. The number of carbonyl (C=O) groups is 2. The molecule has 2 rings (SSSR count). The molecule has 0 saturated carbocycles. The third-order valence-corrected chi connectivity index (χ3v) is 4.11. The summed E-state index contributed by atoms with van der Waals surface area (Å²) in [7, 11) is 1.54. The molecule has 0 fully saturated rings. The average Bonchev–Trinajstić information content (AvgIpc) is 2.47. The predicted octanol–water partition coefficient (Wildman–Crippen LogP) is 4.47. The highest BCUT2D eigenvalue weighted by Crippen LogP contribution is 2.22. The maximum atomic E-state index is 12.3. The van der Waals surface area contributed by atoms with E-state index >= 15 is 0 Å². The molecule has 0 unspecified atom stereocenters. The van der Waals surface area contributed by atoms with Gasteiger partial charge in [-0.1, -0.05) is 35.3 Å². The lowest BCUT2D eigenvalue weighted by molar-refractivity contribution is -0.116. The van der Waals surface area contributed by atoms with Gasteiger partial charge < -0.3 is 10.2 Å². The Balaban J connectivity index is 2.03. The standard InChI is InChI=1S/C16H13BrCl2N2O2/c1-21(16(23)10-6-11(18)8-12(19)7-10)9-15(22)20-14-5-3-2-4-13(14)17/h2-8H,9H2,1H3,(H,20,22). The number of halogens is 3. The Kier molecular flexibility index (Phi) is 6.04. The molecule has 4 nitrogen and oxygen atoms in total. The first-order valence-electron chi connectivity index (χ1n) is 6.63. The van der Waals surface area contributed by atoms with Crippen molar-refractivity contribution in [1.82, 2.24) is 4.90 Å². The monoisotopic (exact) mass is 414 g/mol. The number of anilines is 1. The second-order valence-electron chi connectivity index (χ2n) is 4.85. The van der Waals surface area contributed by atoms with Gasteiger partial charge in [0.25, 0.3) is 5.91 Å². The van der Waals surface area contributed by atoms with Crippen molar-refractivity contribution in [1.29, 1.82) is 0 Å². The van der Waals surface area contributed by atoms with E-state index in [-0.39, 0.29) is 18.4 Å². The minimum absolute atomic E-state index is 0.0930. The summed E-state index contributed by atoms with van der Waals surface area (Å²) in [6.07, 6.45) is 0. The Hall–Kier alpha value is -1.56. The molecule has 2 aromatic carbocycles. The summed E-state index contributed by atoms with van der Waals surface area (Å²) in [6, 6.07) is 11.8. The molecule has 0 saturated heterocycles. The van der Waals surface area contributed by atoms with Gasteiger partial charge in [-0.15, -0.1) is 0 Å². The maximum Gasteiger partial charge on any atom is 0.254 e. The van der Waals surface area contributed by atoms with Crippen molar-refractivity contribution in [2.24, 2.45) is 0 Å². The summed E-state index contributed by atoms with van der Waals surface area (Å²) in [5, 5.41) is 3.47. The van der Waals surface area contributed by atoms with Gasteiger partial charge in [-0.2, -0.15) is 0 Å². The number of hydrogen-bond acceptors (Lipinski definition) is 2. The number of likely N-dealkylation sites (N-methyl/N-ethyl adjacent to an activating group) is 1. The van der Waals surface area contributed by atoms with Gasteiger partial charge in [-0.3, -0.25) is 9.59 Å². The molecule has 0 aliphatic carbocycles. The molecule has 0 aliphatic rings. The number of nitrogens with zero attached hydrogens (tertiary/aromatic N) is 1. The van der Waals surface area contributed by atoms with Crippen LogP contribution < -0.4 is 5.32 Å². The summed E-state index contributed by atoms with van der Waals surface area (Å²) >= 11 is 15.1.